The minimum absolute atomic E-state index is 0.0540. The van der Waals surface area contributed by atoms with Crippen molar-refractivity contribution in [3.63, 3.8) is 0 Å². The van der Waals surface area contributed by atoms with Crippen molar-refractivity contribution in [2.75, 3.05) is 6.54 Å². The summed E-state index contributed by atoms with van der Waals surface area (Å²) in [5, 5.41) is 0. The molecule has 3 nitrogen and oxygen atoms in total. The van der Waals surface area contributed by atoms with Crippen molar-refractivity contribution in [3.8, 4) is 0 Å². The number of nitrogens with zero attached hydrogens (tertiary/aromatic N) is 2. The Bertz CT molecular complexity index is 550. The molecule has 1 aromatic heterocycles. The highest BCUT2D eigenvalue weighted by molar-refractivity contribution is 5.76. The van der Waals surface area contributed by atoms with Gasteiger partial charge in [0, 0.05) is 18.0 Å². The number of hydrogen-bond donors (Lipinski definition) is 1. The van der Waals surface area contributed by atoms with Gasteiger partial charge in [0.25, 0.3) is 0 Å². The molecule has 0 spiro atoms. The lowest BCUT2D eigenvalue weighted by Gasteiger charge is -2.23. The van der Waals surface area contributed by atoms with Crippen LogP contribution in [0, 0.1) is 0 Å². The Morgan fingerprint density at radius 1 is 1.35 bits per heavy atom. The van der Waals surface area contributed by atoms with Gasteiger partial charge in [0.15, 0.2) is 0 Å². The van der Waals surface area contributed by atoms with Gasteiger partial charge in [0.2, 0.25) is 0 Å². The van der Waals surface area contributed by atoms with E-state index in [1.807, 2.05) is 6.07 Å². The van der Waals surface area contributed by atoms with Crippen molar-refractivity contribution < 1.29 is 0 Å². The van der Waals surface area contributed by atoms with Crippen molar-refractivity contribution in [2.24, 2.45) is 5.73 Å². The van der Waals surface area contributed by atoms with Crippen molar-refractivity contribution in [3.05, 3.63) is 30.1 Å². The first-order chi connectivity index (χ1) is 8.13. The van der Waals surface area contributed by atoms with E-state index in [-0.39, 0.29) is 5.41 Å². The smallest absolute Gasteiger partial charge is 0.117 e. The molecule has 1 aromatic carbocycles. The summed E-state index contributed by atoms with van der Waals surface area (Å²) in [6.45, 7) is 4.98. The number of nitrogens with two attached hydrogens (primary N) is 1. The zero-order chi connectivity index (χ0) is 12.0. The normalized spacial score (nSPS) is 16.6. The predicted molar refractivity (Wildman–Crippen MR) is 70.1 cm³/mol. The molecule has 0 saturated heterocycles. The molecule has 0 unspecified atom stereocenters. The van der Waals surface area contributed by atoms with Crippen LogP contribution >= 0.6 is 0 Å². The number of benzene rings is 1. The van der Waals surface area contributed by atoms with Crippen molar-refractivity contribution in [1.29, 1.82) is 0 Å². The maximum atomic E-state index is 5.90. The van der Waals surface area contributed by atoms with Gasteiger partial charge < -0.3 is 10.3 Å². The highest BCUT2D eigenvalue weighted by Gasteiger charge is 2.33. The van der Waals surface area contributed by atoms with E-state index in [4.69, 9.17) is 10.7 Å². The van der Waals surface area contributed by atoms with Crippen molar-refractivity contribution in [1.82, 2.24) is 9.55 Å². The second-order valence-electron chi connectivity index (χ2n) is 5.61. The van der Waals surface area contributed by atoms with Crippen LogP contribution in [0.1, 0.15) is 38.6 Å². The number of aromatic nitrogens is 2. The molecule has 1 heterocycles. The highest BCUT2D eigenvalue weighted by atomic mass is 15.1. The molecule has 1 saturated carbocycles. The van der Waals surface area contributed by atoms with E-state index in [1.54, 1.807) is 0 Å². The summed E-state index contributed by atoms with van der Waals surface area (Å²) in [7, 11) is 0. The van der Waals surface area contributed by atoms with Crippen LogP contribution in [0.15, 0.2) is 24.3 Å². The molecule has 1 aliphatic carbocycles. The molecule has 1 aliphatic rings. The zero-order valence-electron chi connectivity index (χ0n) is 10.5. The molecule has 0 radical (unpaired) electrons. The fraction of sp³-hybridized carbons (Fsp3) is 0.500. The van der Waals surface area contributed by atoms with Gasteiger partial charge in [0.05, 0.1) is 11.0 Å². The van der Waals surface area contributed by atoms with Crippen LogP contribution in [0.5, 0.6) is 0 Å². The molecule has 3 heteroatoms. The van der Waals surface area contributed by atoms with E-state index >= 15 is 0 Å². The van der Waals surface area contributed by atoms with E-state index < -0.39 is 0 Å². The molecule has 90 valence electrons. The van der Waals surface area contributed by atoms with Crippen molar-refractivity contribution in [2.45, 2.75) is 38.1 Å². The molecule has 0 bridgehead atoms. The SMILES string of the molecule is CC(C)(CN)c1nc2ccccc2n1C1CC1. The van der Waals surface area contributed by atoms with Gasteiger partial charge in [-0.3, -0.25) is 0 Å². The van der Waals surface area contributed by atoms with Crippen LogP contribution in [0.4, 0.5) is 0 Å². The molecule has 2 N–H and O–H groups in total. The third-order valence-corrected chi connectivity index (χ3v) is 3.62. The topological polar surface area (TPSA) is 43.8 Å². The van der Waals surface area contributed by atoms with Gasteiger partial charge in [-0.15, -0.1) is 0 Å². The zero-order valence-corrected chi connectivity index (χ0v) is 10.5. The van der Waals surface area contributed by atoms with Gasteiger partial charge in [-0.1, -0.05) is 26.0 Å². The first-order valence-electron chi connectivity index (χ1n) is 6.31. The molecular weight excluding hydrogens is 210 g/mol. The van der Waals surface area contributed by atoms with Crippen LogP contribution < -0.4 is 5.73 Å². The first kappa shape index (κ1) is 10.8. The minimum Gasteiger partial charge on any atom is -0.329 e. The Morgan fingerprint density at radius 2 is 2.06 bits per heavy atom. The molecule has 3 rings (SSSR count). The predicted octanol–water partition coefficient (Wildman–Crippen LogP) is 2.61. The summed E-state index contributed by atoms with van der Waals surface area (Å²) < 4.78 is 2.40. The Balaban J connectivity index is 2.26. The average molecular weight is 229 g/mol. The summed E-state index contributed by atoms with van der Waals surface area (Å²) in [6, 6.07) is 9.03. The Hall–Kier alpha value is -1.35. The molecule has 17 heavy (non-hydrogen) atoms. The van der Waals surface area contributed by atoms with Crippen LogP contribution in [-0.2, 0) is 5.41 Å². The molecule has 0 atom stereocenters. The van der Waals surface area contributed by atoms with E-state index in [0.717, 1.165) is 11.3 Å². The Morgan fingerprint density at radius 3 is 2.71 bits per heavy atom. The standard InChI is InChI=1S/C14H19N3/c1-14(2,9-15)13-16-11-5-3-4-6-12(11)17(13)10-7-8-10/h3-6,10H,7-9,15H2,1-2H3. The lowest BCUT2D eigenvalue weighted by Crippen LogP contribution is -2.31. The summed E-state index contributed by atoms with van der Waals surface area (Å²) in [4.78, 5) is 4.80. The largest absolute Gasteiger partial charge is 0.329 e. The number of fused-ring (bicyclic) bond motifs is 1. The fourth-order valence-corrected chi connectivity index (χ4v) is 2.32. The number of para-hydroxylation sites is 2. The average Bonchev–Trinajstić information content (AvgIpc) is 3.09. The van der Waals surface area contributed by atoms with Crippen LogP contribution in [0.3, 0.4) is 0 Å². The van der Waals surface area contributed by atoms with E-state index in [0.29, 0.717) is 12.6 Å². The molecular formula is C14H19N3. The lowest BCUT2D eigenvalue weighted by molar-refractivity contribution is 0.473. The maximum Gasteiger partial charge on any atom is 0.117 e. The maximum absolute atomic E-state index is 5.90. The second-order valence-corrected chi connectivity index (χ2v) is 5.61. The summed E-state index contributed by atoms with van der Waals surface area (Å²) >= 11 is 0. The monoisotopic (exact) mass is 229 g/mol. The van der Waals surface area contributed by atoms with Crippen molar-refractivity contribution >= 4 is 11.0 Å². The summed E-state index contributed by atoms with van der Waals surface area (Å²) in [5.74, 6) is 1.14. The van der Waals surface area contributed by atoms with Gasteiger partial charge >= 0.3 is 0 Å². The van der Waals surface area contributed by atoms with Gasteiger partial charge in [-0.25, -0.2) is 4.98 Å². The molecule has 0 amide bonds. The number of rotatable bonds is 3. The van der Waals surface area contributed by atoms with Gasteiger partial charge in [0.1, 0.15) is 5.82 Å². The second kappa shape index (κ2) is 3.57. The third-order valence-electron chi connectivity index (χ3n) is 3.62. The van der Waals surface area contributed by atoms with E-state index in [1.165, 1.54) is 18.4 Å². The Kier molecular flexibility index (Phi) is 2.26. The summed E-state index contributed by atoms with van der Waals surface area (Å²) in [5.41, 5.74) is 8.19. The lowest BCUT2D eigenvalue weighted by atomic mass is 9.92. The van der Waals surface area contributed by atoms with Crippen LogP contribution in [0.2, 0.25) is 0 Å². The van der Waals surface area contributed by atoms with Gasteiger partial charge in [-0.05, 0) is 25.0 Å². The third kappa shape index (κ3) is 1.65. The number of imidazole rings is 1. The molecule has 0 aliphatic heterocycles. The number of hydrogen-bond acceptors (Lipinski definition) is 2. The Labute approximate surface area is 102 Å². The van der Waals surface area contributed by atoms with E-state index in [9.17, 15) is 0 Å². The highest BCUT2D eigenvalue weighted by Crippen LogP contribution is 2.41. The molecule has 1 fully saturated rings. The van der Waals surface area contributed by atoms with Crippen LogP contribution in [-0.4, -0.2) is 16.1 Å². The molecule has 2 aromatic rings. The fourth-order valence-electron chi connectivity index (χ4n) is 2.32. The van der Waals surface area contributed by atoms with Crippen LogP contribution in [0.25, 0.3) is 11.0 Å². The minimum atomic E-state index is -0.0540. The van der Waals surface area contributed by atoms with E-state index in [2.05, 4.69) is 36.6 Å². The summed E-state index contributed by atoms with van der Waals surface area (Å²) in [6.07, 6.45) is 2.54. The van der Waals surface area contributed by atoms with Gasteiger partial charge in [-0.2, -0.15) is 0 Å². The quantitative estimate of drug-likeness (QED) is 0.879. The first-order valence-corrected chi connectivity index (χ1v) is 6.31.